The van der Waals surface area contributed by atoms with Gasteiger partial charge in [0.1, 0.15) is 23.1 Å². The van der Waals surface area contributed by atoms with Crippen LogP contribution in [0, 0.1) is 0 Å². The smallest absolute Gasteiger partial charge is 0.328 e. The van der Waals surface area contributed by atoms with Gasteiger partial charge in [0.25, 0.3) is 5.91 Å². The van der Waals surface area contributed by atoms with Crippen molar-refractivity contribution < 1.29 is 24.5 Å². The first kappa shape index (κ1) is 15.8. The number of nitrogens with one attached hydrogen (secondary N) is 1. The first-order valence-corrected chi connectivity index (χ1v) is 6.16. The number of ether oxygens (including phenoxy) is 1. The third-order valence-electron chi connectivity index (χ3n) is 2.33. The van der Waals surface area contributed by atoms with Crippen molar-refractivity contribution in [3.63, 3.8) is 0 Å². The van der Waals surface area contributed by atoms with Crippen LogP contribution in [-0.2, 0) is 9.53 Å². The van der Waals surface area contributed by atoms with Gasteiger partial charge in [-0.15, -0.1) is 0 Å². The molecule has 1 aromatic rings. The van der Waals surface area contributed by atoms with Crippen LogP contribution in [0.1, 0.15) is 38.1 Å². The Bertz CT molecular complexity index is 519. The number of phenolic OH excluding ortho intramolecular Hbond substituents is 2. The number of benzene rings is 1. The van der Waals surface area contributed by atoms with Crippen LogP contribution in [-0.4, -0.2) is 33.7 Å². The van der Waals surface area contributed by atoms with E-state index in [0.29, 0.717) is 0 Å². The summed E-state index contributed by atoms with van der Waals surface area (Å²) in [6.45, 7) is 6.65. The van der Waals surface area contributed by atoms with E-state index in [1.54, 1.807) is 20.8 Å². The minimum atomic E-state index is -0.872. The van der Waals surface area contributed by atoms with Crippen molar-refractivity contribution in [1.82, 2.24) is 5.32 Å². The van der Waals surface area contributed by atoms with E-state index in [1.807, 2.05) is 0 Å². The van der Waals surface area contributed by atoms with E-state index in [4.69, 9.17) is 4.74 Å². The SMILES string of the molecule is C[C@@H](NC(=O)c1cc(O)ccc1O)C(=O)OC(C)(C)C. The zero-order valence-corrected chi connectivity index (χ0v) is 11.9. The molecule has 20 heavy (non-hydrogen) atoms. The summed E-state index contributed by atoms with van der Waals surface area (Å²) in [5.41, 5.74) is -0.760. The number of phenols is 2. The zero-order valence-electron chi connectivity index (χ0n) is 11.9. The van der Waals surface area contributed by atoms with E-state index in [9.17, 15) is 19.8 Å². The molecule has 0 heterocycles. The van der Waals surface area contributed by atoms with Crippen LogP contribution in [0.5, 0.6) is 11.5 Å². The molecule has 6 nitrogen and oxygen atoms in total. The molecule has 0 aromatic heterocycles. The normalized spacial score (nSPS) is 12.6. The Balaban J connectivity index is 2.75. The van der Waals surface area contributed by atoms with E-state index in [2.05, 4.69) is 5.32 Å². The highest BCUT2D eigenvalue weighted by Gasteiger charge is 2.24. The van der Waals surface area contributed by atoms with Gasteiger partial charge in [-0.3, -0.25) is 4.79 Å². The van der Waals surface area contributed by atoms with E-state index in [1.165, 1.54) is 19.1 Å². The number of amides is 1. The molecule has 0 fully saturated rings. The Hall–Kier alpha value is -2.24. The average Bonchev–Trinajstić information content (AvgIpc) is 2.29. The molecule has 0 saturated carbocycles. The molecular weight excluding hydrogens is 262 g/mol. The lowest BCUT2D eigenvalue weighted by molar-refractivity contribution is -0.156. The Morgan fingerprint density at radius 2 is 1.85 bits per heavy atom. The molecule has 0 saturated heterocycles. The number of hydrogen-bond acceptors (Lipinski definition) is 5. The van der Waals surface area contributed by atoms with E-state index in [0.717, 1.165) is 6.07 Å². The van der Waals surface area contributed by atoms with Gasteiger partial charge in [0.05, 0.1) is 5.56 Å². The molecule has 1 rings (SSSR count). The van der Waals surface area contributed by atoms with E-state index < -0.39 is 23.5 Å². The van der Waals surface area contributed by atoms with Gasteiger partial charge in [0.15, 0.2) is 0 Å². The molecule has 1 atom stereocenters. The van der Waals surface area contributed by atoms with Gasteiger partial charge in [-0.05, 0) is 45.9 Å². The summed E-state index contributed by atoms with van der Waals surface area (Å²) in [6, 6.07) is 2.70. The quantitative estimate of drug-likeness (QED) is 0.577. The summed E-state index contributed by atoms with van der Waals surface area (Å²) in [7, 11) is 0. The highest BCUT2D eigenvalue weighted by atomic mass is 16.6. The monoisotopic (exact) mass is 281 g/mol. The molecule has 1 amide bonds. The Morgan fingerprint density at radius 3 is 2.40 bits per heavy atom. The van der Waals surface area contributed by atoms with Crippen LogP contribution in [0.25, 0.3) is 0 Å². The number of rotatable bonds is 3. The summed E-state index contributed by atoms with van der Waals surface area (Å²) in [4.78, 5) is 23.6. The summed E-state index contributed by atoms with van der Waals surface area (Å²) in [5, 5.41) is 21.3. The molecule has 0 bridgehead atoms. The number of aromatic hydroxyl groups is 2. The van der Waals surface area contributed by atoms with E-state index in [-0.39, 0.29) is 17.1 Å². The van der Waals surface area contributed by atoms with Gasteiger partial charge in [0, 0.05) is 0 Å². The minimum absolute atomic E-state index is 0.111. The van der Waals surface area contributed by atoms with Gasteiger partial charge in [0.2, 0.25) is 0 Å². The maximum absolute atomic E-state index is 11.9. The van der Waals surface area contributed by atoms with Crippen LogP contribution in [0.2, 0.25) is 0 Å². The lowest BCUT2D eigenvalue weighted by Crippen LogP contribution is -2.42. The van der Waals surface area contributed by atoms with Crippen molar-refractivity contribution in [3.05, 3.63) is 23.8 Å². The van der Waals surface area contributed by atoms with Crippen LogP contribution in [0.3, 0.4) is 0 Å². The fourth-order valence-corrected chi connectivity index (χ4v) is 1.43. The summed E-state index contributed by atoms with van der Waals surface area (Å²) in [6.07, 6.45) is 0. The summed E-state index contributed by atoms with van der Waals surface area (Å²) < 4.78 is 5.12. The third-order valence-corrected chi connectivity index (χ3v) is 2.33. The number of hydrogen-bond donors (Lipinski definition) is 3. The van der Waals surface area contributed by atoms with Crippen molar-refractivity contribution in [1.29, 1.82) is 0 Å². The molecule has 0 aliphatic carbocycles. The topological polar surface area (TPSA) is 95.9 Å². The first-order valence-electron chi connectivity index (χ1n) is 6.16. The van der Waals surface area contributed by atoms with Crippen molar-refractivity contribution >= 4 is 11.9 Å². The molecule has 3 N–H and O–H groups in total. The molecular formula is C14H19NO5. The third kappa shape index (κ3) is 4.46. The highest BCUT2D eigenvalue weighted by molar-refractivity contribution is 5.99. The first-order chi connectivity index (χ1) is 9.10. The largest absolute Gasteiger partial charge is 0.508 e. The minimum Gasteiger partial charge on any atom is -0.508 e. The van der Waals surface area contributed by atoms with Gasteiger partial charge in [-0.1, -0.05) is 0 Å². The fourth-order valence-electron chi connectivity index (χ4n) is 1.43. The van der Waals surface area contributed by atoms with Crippen molar-refractivity contribution in [2.24, 2.45) is 0 Å². The van der Waals surface area contributed by atoms with Crippen LogP contribution in [0.4, 0.5) is 0 Å². The predicted octanol–water partition coefficient (Wildman–Crippen LogP) is 1.56. The molecule has 0 unspecified atom stereocenters. The molecule has 0 spiro atoms. The zero-order chi connectivity index (χ0) is 15.5. The molecule has 110 valence electrons. The fraction of sp³-hybridized carbons (Fsp3) is 0.429. The standard InChI is InChI=1S/C14H19NO5/c1-8(13(19)20-14(2,3)4)15-12(18)10-7-9(16)5-6-11(10)17/h5-8,16-17H,1-4H3,(H,15,18)/t8-/m1/s1. The van der Waals surface area contributed by atoms with Crippen molar-refractivity contribution in [3.8, 4) is 11.5 Å². The van der Waals surface area contributed by atoms with Gasteiger partial charge in [-0.2, -0.15) is 0 Å². The second kappa shape index (κ2) is 5.81. The Labute approximate surface area is 117 Å². The average molecular weight is 281 g/mol. The molecule has 0 radical (unpaired) electrons. The lowest BCUT2D eigenvalue weighted by Gasteiger charge is -2.22. The van der Waals surface area contributed by atoms with Gasteiger partial charge >= 0.3 is 5.97 Å². The number of esters is 1. The summed E-state index contributed by atoms with van der Waals surface area (Å²) >= 11 is 0. The van der Waals surface area contributed by atoms with Gasteiger partial charge < -0.3 is 20.3 Å². The van der Waals surface area contributed by atoms with Crippen molar-refractivity contribution in [2.75, 3.05) is 0 Å². The van der Waals surface area contributed by atoms with Gasteiger partial charge in [-0.25, -0.2) is 4.79 Å². The second-order valence-corrected chi connectivity index (χ2v) is 5.43. The maximum atomic E-state index is 11.9. The number of carbonyl (C=O) groups excluding carboxylic acids is 2. The van der Waals surface area contributed by atoms with Crippen molar-refractivity contribution in [2.45, 2.75) is 39.3 Å². The highest BCUT2D eigenvalue weighted by Crippen LogP contribution is 2.22. The molecule has 0 aliphatic rings. The molecule has 1 aromatic carbocycles. The van der Waals surface area contributed by atoms with Crippen LogP contribution >= 0.6 is 0 Å². The Kier molecular flexibility index (Phi) is 4.60. The van der Waals surface area contributed by atoms with Crippen LogP contribution < -0.4 is 5.32 Å². The maximum Gasteiger partial charge on any atom is 0.328 e. The second-order valence-electron chi connectivity index (χ2n) is 5.43. The predicted molar refractivity (Wildman–Crippen MR) is 72.5 cm³/mol. The van der Waals surface area contributed by atoms with E-state index >= 15 is 0 Å². The van der Waals surface area contributed by atoms with Crippen LogP contribution in [0.15, 0.2) is 18.2 Å². The molecule has 0 aliphatic heterocycles. The lowest BCUT2D eigenvalue weighted by atomic mass is 10.1. The molecule has 6 heteroatoms. The Morgan fingerprint density at radius 1 is 1.25 bits per heavy atom. The summed E-state index contributed by atoms with van der Waals surface area (Å²) in [5.74, 6) is -1.68. The number of carbonyl (C=O) groups is 2.